The Bertz CT molecular complexity index is 1340. The fraction of sp³-hybridized carbons (Fsp3) is 0.240. The van der Waals surface area contributed by atoms with Gasteiger partial charge in [0.05, 0.1) is 31.1 Å². The lowest BCUT2D eigenvalue weighted by molar-refractivity contribution is 0.0583. The number of amides is 2. The molecule has 3 rings (SSSR count). The highest BCUT2D eigenvalue weighted by Crippen LogP contribution is 2.39. The van der Waals surface area contributed by atoms with Crippen molar-refractivity contribution in [2.24, 2.45) is 0 Å². The van der Waals surface area contributed by atoms with E-state index in [1.807, 2.05) is 30.3 Å². The van der Waals surface area contributed by atoms with E-state index in [2.05, 4.69) is 34.1 Å². The molecule has 0 atom stereocenters. The summed E-state index contributed by atoms with van der Waals surface area (Å²) >= 11 is 3.77. The van der Waals surface area contributed by atoms with Crippen LogP contribution in [-0.4, -0.2) is 41.2 Å². The maximum atomic E-state index is 13.3. The summed E-state index contributed by atoms with van der Waals surface area (Å²) in [7, 11) is 1.49. The van der Waals surface area contributed by atoms with Gasteiger partial charge in [0.15, 0.2) is 0 Å². The van der Waals surface area contributed by atoms with Crippen LogP contribution in [0.15, 0.2) is 54.7 Å². The second kappa shape index (κ2) is 10.4. The minimum atomic E-state index is -0.767. The molecule has 0 saturated heterocycles. The predicted molar refractivity (Wildman–Crippen MR) is 136 cm³/mol. The van der Waals surface area contributed by atoms with Crippen molar-refractivity contribution in [3.63, 3.8) is 0 Å². The van der Waals surface area contributed by atoms with Crippen LogP contribution in [0.3, 0.4) is 0 Å². The number of aromatic nitrogens is 2. The molecule has 3 aromatic rings. The third-order valence-corrected chi connectivity index (χ3v) is 5.03. The molecule has 0 aliphatic heterocycles. The molecule has 2 amide bonds. The minimum absolute atomic E-state index is 0.0378. The Hall–Kier alpha value is -4.10. The summed E-state index contributed by atoms with van der Waals surface area (Å²) in [5, 5.41) is 10.8. The van der Waals surface area contributed by atoms with Crippen molar-refractivity contribution in [3.8, 4) is 23.1 Å². The molecule has 35 heavy (non-hydrogen) atoms. The number of carbonyl (C=O) groups is 2. The van der Waals surface area contributed by atoms with E-state index in [0.717, 1.165) is 5.39 Å². The lowest BCUT2D eigenvalue weighted by Gasteiger charge is -2.29. The Kier molecular flexibility index (Phi) is 7.62. The molecule has 1 heterocycles. The van der Waals surface area contributed by atoms with Gasteiger partial charge in [-0.3, -0.25) is 14.4 Å². The first kappa shape index (κ1) is 25.5. The average molecular weight is 492 g/mol. The van der Waals surface area contributed by atoms with Gasteiger partial charge < -0.3 is 9.47 Å². The van der Waals surface area contributed by atoms with Gasteiger partial charge in [-0.2, -0.15) is 5.26 Å². The maximum Gasteiger partial charge on any atom is 0.415 e. The number of hydrogen-bond acceptors (Lipinski definition) is 8. The Morgan fingerprint density at radius 1 is 1.23 bits per heavy atom. The number of methoxy groups -OCH3 is 1. The normalized spacial score (nSPS) is 10.9. The van der Waals surface area contributed by atoms with Gasteiger partial charge in [-0.05, 0) is 44.4 Å². The van der Waals surface area contributed by atoms with Gasteiger partial charge in [-0.15, -0.1) is 0 Å². The summed E-state index contributed by atoms with van der Waals surface area (Å²) in [6, 6.07) is 12.8. The molecule has 180 valence electrons. The Labute approximate surface area is 208 Å². The highest BCUT2D eigenvalue weighted by atomic mass is 32.1. The van der Waals surface area contributed by atoms with E-state index >= 15 is 0 Å². The molecule has 10 heteroatoms. The number of benzene rings is 2. The number of thiol groups is 1. The van der Waals surface area contributed by atoms with Gasteiger partial charge in [0.1, 0.15) is 11.4 Å². The zero-order chi connectivity index (χ0) is 25.8. The summed E-state index contributed by atoms with van der Waals surface area (Å²) in [5.41, 5.74) is 0.986. The van der Waals surface area contributed by atoms with E-state index in [0.29, 0.717) is 28.1 Å². The van der Waals surface area contributed by atoms with Crippen molar-refractivity contribution in [2.45, 2.75) is 26.4 Å². The molecular formula is C25H25N5O4S. The lowest BCUT2D eigenvalue weighted by Crippen LogP contribution is -2.38. The number of anilines is 1. The van der Waals surface area contributed by atoms with Crippen molar-refractivity contribution in [1.29, 1.82) is 5.26 Å². The molecule has 0 aliphatic rings. The van der Waals surface area contributed by atoms with Crippen molar-refractivity contribution in [3.05, 3.63) is 60.6 Å². The van der Waals surface area contributed by atoms with Crippen LogP contribution < -0.4 is 14.4 Å². The van der Waals surface area contributed by atoms with Crippen LogP contribution in [-0.2, 0) is 4.74 Å². The Morgan fingerprint density at radius 2 is 1.94 bits per heavy atom. The van der Waals surface area contributed by atoms with Gasteiger partial charge in [-0.1, -0.05) is 37.6 Å². The molecule has 0 saturated carbocycles. The number of hydrogen-bond donors (Lipinski definition) is 2. The maximum absolute atomic E-state index is 13.3. The average Bonchev–Trinajstić information content (AvgIpc) is 2.84. The van der Waals surface area contributed by atoms with Crippen LogP contribution in [0.5, 0.6) is 5.75 Å². The van der Waals surface area contributed by atoms with Crippen LogP contribution in [0.25, 0.3) is 22.0 Å². The molecule has 0 aliphatic carbocycles. The standard InChI is InChI=1S/C25H25N5O4S/c1-15(13-26)14-30(24(32)34-25(2,3)4)21-18-12-17(7-6-16(18)8-9-20(21)33-5)19-10-11-27-22(28-19)23(31)29-35/h6-12,35H,1,14H2,2-5H3,(H,29,31). The van der Waals surface area contributed by atoms with Crippen LogP contribution in [0.2, 0.25) is 0 Å². The lowest BCUT2D eigenvalue weighted by atomic mass is 10.0. The SMILES string of the molecule is C=C(C#N)CN(C(=O)OC(C)(C)C)c1c(OC)ccc2ccc(-c3ccnc(C(=O)NS)n3)cc12. The van der Waals surface area contributed by atoms with Gasteiger partial charge >= 0.3 is 6.09 Å². The summed E-state index contributed by atoms with van der Waals surface area (Å²) < 4.78 is 13.4. The number of nitriles is 1. The van der Waals surface area contributed by atoms with Crippen LogP contribution in [0.4, 0.5) is 10.5 Å². The number of fused-ring (bicyclic) bond motifs is 1. The smallest absolute Gasteiger partial charge is 0.415 e. The molecule has 9 nitrogen and oxygen atoms in total. The molecular weight excluding hydrogens is 466 g/mol. The molecule has 2 aromatic carbocycles. The van der Waals surface area contributed by atoms with Crippen LogP contribution >= 0.6 is 12.8 Å². The molecule has 0 fully saturated rings. The molecule has 0 spiro atoms. The first-order valence-electron chi connectivity index (χ1n) is 10.5. The van der Waals surface area contributed by atoms with E-state index in [4.69, 9.17) is 9.47 Å². The van der Waals surface area contributed by atoms with Gasteiger partial charge in [0.25, 0.3) is 5.91 Å². The molecule has 1 aromatic heterocycles. The van der Waals surface area contributed by atoms with Crippen molar-refractivity contribution in [2.75, 3.05) is 18.6 Å². The summed E-state index contributed by atoms with van der Waals surface area (Å²) in [5.74, 6) is -0.169. The van der Waals surface area contributed by atoms with Gasteiger partial charge in [0, 0.05) is 22.7 Å². The van der Waals surface area contributed by atoms with Crippen molar-refractivity contribution >= 4 is 41.3 Å². The molecule has 0 unspecified atom stereocenters. The number of ether oxygens (including phenoxy) is 2. The van der Waals surface area contributed by atoms with E-state index in [1.54, 1.807) is 32.9 Å². The summed E-state index contributed by atoms with van der Waals surface area (Å²) in [4.78, 5) is 34.8. The zero-order valence-electron chi connectivity index (χ0n) is 19.8. The first-order chi connectivity index (χ1) is 16.6. The first-order valence-corrected chi connectivity index (χ1v) is 11.0. The van der Waals surface area contributed by atoms with E-state index in [1.165, 1.54) is 18.2 Å². The quantitative estimate of drug-likeness (QED) is 0.379. The third kappa shape index (κ3) is 5.88. The highest BCUT2D eigenvalue weighted by molar-refractivity contribution is 7.78. The van der Waals surface area contributed by atoms with Crippen molar-refractivity contribution in [1.82, 2.24) is 14.7 Å². The summed E-state index contributed by atoms with van der Waals surface area (Å²) in [6.45, 7) is 8.92. The highest BCUT2D eigenvalue weighted by Gasteiger charge is 2.28. The summed E-state index contributed by atoms with van der Waals surface area (Å²) in [6.07, 6.45) is 0.821. The second-order valence-corrected chi connectivity index (χ2v) is 8.76. The van der Waals surface area contributed by atoms with Gasteiger partial charge in [0.2, 0.25) is 5.82 Å². The third-order valence-electron chi connectivity index (χ3n) is 4.82. The monoisotopic (exact) mass is 491 g/mol. The van der Waals surface area contributed by atoms with E-state index in [-0.39, 0.29) is 17.9 Å². The fourth-order valence-corrected chi connectivity index (χ4v) is 3.44. The largest absolute Gasteiger partial charge is 0.495 e. The molecule has 0 radical (unpaired) electrons. The van der Waals surface area contributed by atoms with E-state index in [9.17, 15) is 14.9 Å². The molecule has 0 bridgehead atoms. The topological polar surface area (TPSA) is 117 Å². The van der Waals surface area contributed by atoms with Crippen LogP contribution in [0, 0.1) is 11.3 Å². The number of nitrogens with one attached hydrogen (secondary N) is 1. The van der Waals surface area contributed by atoms with Crippen molar-refractivity contribution < 1.29 is 19.1 Å². The van der Waals surface area contributed by atoms with Gasteiger partial charge in [-0.25, -0.2) is 14.8 Å². The zero-order valence-corrected chi connectivity index (χ0v) is 20.7. The van der Waals surface area contributed by atoms with E-state index < -0.39 is 17.6 Å². The number of nitrogens with zero attached hydrogens (tertiary/aromatic N) is 4. The molecule has 1 N–H and O–H groups in total. The second-order valence-electron chi connectivity index (χ2n) is 8.54. The minimum Gasteiger partial charge on any atom is -0.495 e. The Balaban J connectivity index is 2.24. The number of rotatable bonds is 6. The fourth-order valence-electron chi connectivity index (χ4n) is 3.34. The predicted octanol–water partition coefficient (Wildman–Crippen LogP) is 4.70. The van der Waals surface area contributed by atoms with Crippen LogP contribution in [0.1, 0.15) is 31.4 Å². The Morgan fingerprint density at radius 3 is 2.57 bits per heavy atom. The number of carbonyl (C=O) groups excluding carboxylic acids is 2.